The lowest BCUT2D eigenvalue weighted by Crippen LogP contribution is -2.45. The number of hydrogen-bond acceptors (Lipinski definition) is 5. The Labute approximate surface area is 179 Å². The molecule has 1 aromatic heterocycles. The molecule has 5 rings (SSSR count). The molecular formula is C25H22N4O2. The molecule has 1 atom stereocenters. The molecule has 31 heavy (non-hydrogen) atoms. The number of benzene rings is 3. The van der Waals surface area contributed by atoms with Crippen LogP contribution in [0.4, 0.5) is 5.69 Å². The van der Waals surface area contributed by atoms with Crippen molar-refractivity contribution in [2.24, 2.45) is 0 Å². The highest BCUT2D eigenvalue weighted by Gasteiger charge is 2.36. The van der Waals surface area contributed by atoms with E-state index in [4.69, 9.17) is 5.10 Å². The number of aryl methyl sites for hydroxylation is 1. The minimum absolute atomic E-state index is 0.251. The van der Waals surface area contributed by atoms with Gasteiger partial charge in [0, 0.05) is 16.8 Å². The molecular weight excluding hydrogens is 388 g/mol. The quantitative estimate of drug-likeness (QED) is 0.521. The van der Waals surface area contributed by atoms with Crippen LogP contribution in [0.3, 0.4) is 0 Å². The van der Waals surface area contributed by atoms with Crippen LogP contribution in [0.2, 0.25) is 0 Å². The van der Waals surface area contributed by atoms with Gasteiger partial charge in [0.1, 0.15) is 11.4 Å². The molecule has 0 spiro atoms. The lowest BCUT2D eigenvalue weighted by atomic mass is 9.97. The number of nitrogens with one attached hydrogen (secondary N) is 1. The summed E-state index contributed by atoms with van der Waals surface area (Å²) < 4.78 is 1.85. The number of aromatic hydroxyl groups is 1. The van der Waals surface area contributed by atoms with Gasteiger partial charge in [-0.3, -0.25) is 4.79 Å². The molecule has 1 aliphatic rings. The summed E-state index contributed by atoms with van der Waals surface area (Å²) in [5.41, 5.74) is 3.04. The topological polar surface area (TPSA) is 80.0 Å². The molecule has 154 valence electrons. The number of rotatable bonds is 4. The van der Waals surface area contributed by atoms with E-state index in [2.05, 4.69) is 17.2 Å². The van der Waals surface area contributed by atoms with Gasteiger partial charge in [0.15, 0.2) is 11.5 Å². The van der Waals surface area contributed by atoms with Gasteiger partial charge in [0.25, 0.3) is 5.56 Å². The van der Waals surface area contributed by atoms with Crippen LogP contribution < -0.4 is 10.9 Å². The predicted octanol–water partition coefficient (Wildman–Crippen LogP) is 4.41. The molecule has 6 nitrogen and oxygen atoms in total. The molecule has 0 radical (unpaired) electrons. The van der Waals surface area contributed by atoms with Crippen LogP contribution in [-0.4, -0.2) is 19.9 Å². The Hall–Kier alpha value is -3.93. The van der Waals surface area contributed by atoms with E-state index in [0.29, 0.717) is 17.9 Å². The van der Waals surface area contributed by atoms with Crippen LogP contribution >= 0.6 is 0 Å². The molecule has 0 saturated carbocycles. The maximum Gasteiger partial charge on any atom is 0.300 e. The molecule has 4 aromatic rings. The van der Waals surface area contributed by atoms with Crippen LogP contribution in [0.15, 0.2) is 83.7 Å². The molecule has 1 aliphatic heterocycles. The summed E-state index contributed by atoms with van der Waals surface area (Å²) in [7, 11) is 0. The first kappa shape index (κ1) is 19.1. The van der Waals surface area contributed by atoms with Crippen molar-refractivity contribution in [3.63, 3.8) is 0 Å². The fourth-order valence-electron chi connectivity index (χ4n) is 4.03. The third-order valence-electron chi connectivity index (χ3n) is 5.73. The van der Waals surface area contributed by atoms with Gasteiger partial charge in [-0.25, -0.2) is 4.68 Å². The first-order chi connectivity index (χ1) is 15.0. The van der Waals surface area contributed by atoms with E-state index in [1.54, 1.807) is 12.1 Å². The van der Waals surface area contributed by atoms with E-state index in [0.717, 1.165) is 28.8 Å². The Morgan fingerprint density at radius 1 is 0.968 bits per heavy atom. The number of phenols is 1. The third kappa shape index (κ3) is 3.46. The molecule has 0 fully saturated rings. The first-order valence-electron chi connectivity index (χ1n) is 10.3. The van der Waals surface area contributed by atoms with Crippen molar-refractivity contribution in [2.45, 2.75) is 25.4 Å². The number of aromatic nitrogens is 3. The van der Waals surface area contributed by atoms with Gasteiger partial charge < -0.3 is 10.4 Å². The van der Waals surface area contributed by atoms with Crippen LogP contribution in [0.5, 0.6) is 5.75 Å². The minimum atomic E-state index is -0.591. The summed E-state index contributed by atoms with van der Waals surface area (Å²) in [4.78, 5) is 17.4. The highest BCUT2D eigenvalue weighted by molar-refractivity contribution is 5.76. The van der Waals surface area contributed by atoms with Crippen LogP contribution in [0, 0.1) is 0 Å². The minimum Gasteiger partial charge on any atom is -0.508 e. The highest BCUT2D eigenvalue weighted by atomic mass is 16.3. The zero-order valence-corrected chi connectivity index (χ0v) is 17.1. The molecule has 0 bridgehead atoms. The second kappa shape index (κ2) is 7.40. The van der Waals surface area contributed by atoms with E-state index in [1.165, 1.54) is 0 Å². The van der Waals surface area contributed by atoms with Crippen molar-refractivity contribution in [2.75, 3.05) is 5.32 Å². The van der Waals surface area contributed by atoms with Gasteiger partial charge in [-0.1, -0.05) is 54.6 Å². The number of fused-ring (bicyclic) bond motifs is 3. The van der Waals surface area contributed by atoms with Gasteiger partial charge in [-0.15, -0.1) is 0 Å². The van der Waals surface area contributed by atoms with Crippen LogP contribution in [0.1, 0.15) is 18.9 Å². The van der Waals surface area contributed by atoms with Crippen molar-refractivity contribution < 1.29 is 5.11 Å². The summed E-state index contributed by atoms with van der Waals surface area (Å²) in [6.07, 6.45) is 1.48. The van der Waals surface area contributed by atoms with Crippen molar-refractivity contribution in [3.05, 3.63) is 94.8 Å². The largest absolute Gasteiger partial charge is 0.508 e. The Morgan fingerprint density at radius 3 is 2.45 bits per heavy atom. The Bertz CT molecular complexity index is 1300. The van der Waals surface area contributed by atoms with E-state index < -0.39 is 5.66 Å². The lowest BCUT2D eigenvalue weighted by Gasteiger charge is -2.39. The molecule has 2 heterocycles. The standard InChI is InChI=1S/C25H22N4O2/c1-25(16-15-17-11-13-19(30)14-12-17)27-21-10-6-5-9-20(21)23-26-24(31)22(28-29(23)25)18-7-3-2-4-8-18/h2-14,27,30H,15-16H2,1H3/t25-/m1/s1. The summed E-state index contributed by atoms with van der Waals surface area (Å²) in [6, 6.07) is 24.5. The number of anilines is 1. The van der Waals surface area contributed by atoms with Crippen molar-refractivity contribution >= 4 is 5.69 Å². The van der Waals surface area contributed by atoms with Gasteiger partial charge >= 0.3 is 0 Å². The van der Waals surface area contributed by atoms with Crippen molar-refractivity contribution in [1.82, 2.24) is 14.8 Å². The summed E-state index contributed by atoms with van der Waals surface area (Å²) in [5.74, 6) is 0.813. The average Bonchev–Trinajstić information content (AvgIpc) is 2.79. The Morgan fingerprint density at radius 2 is 1.68 bits per heavy atom. The zero-order valence-electron chi connectivity index (χ0n) is 17.1. The van der Waals surface area contributed by atoms with E-state index >= 15 is 0 Å². The van der Waals surface area contributed by atoms with E-state index in [1.807, 2.05) is 71.4 Å². The van der Waals surface area contributed by atoms with Crippen molar-refractivity contribution in [1.29, 1.82) is 0 Å². The maximum absolute atomic E-state index is 12.9. The number of para-hydroxylation sites is 1. The van der Waals surface area contributed by atoms with E-state index in [9.17, 15) is 9.90 Å². The van der Waals surface area contributed by atoms with Gasteiger partial charge in [0.05, 0.1) is 0 Å². The van der Waals surface area contributed by atoms with Gasteiger partial charge in [-0.05, 0) is 49.6 Å². The lowest BCUT2D eigenvalue weighted by molar-refractivity contribution is 0.300. The molecule has 6 heteroatoms. The molecule has 0 aliphatic carbocycles. The second-order valence-electron chi connectivity index (χ2n) is 7.98. The number of nitrogens with zero attached hydrogens (tertiary/aromatic N) is 3. The molecule has 0 saturated heterocycles. The molecule has 0 unspecified atom stereocenters. The molecule has 2 N–H and O–H groups in total. The number of phenolic OH excluding ortho intramolecular Hbond substituents is 1. The summed E-state index contributed by atoms with van der Waals surface area (Å²) in [5, 5.41) is 18.0. The van der Waals surface area contributed by atoms with Crippen LogP contribution in [-0.2, 0) is 12.1 Å². The normalized spacial score (nSPS) is 16.8. The summed E-state index contributed by atoms with van der Waals surface area (Å²) in [6.45, 7) is 2.07. The average molecular weight is 410 g/mol. The van der Waals surface area contributed by atoms with E-state index in [-0.39, 0.29) is 11.3 Å². The smallest absolute Gasteiger partial charge is 0.300 e. The monoisotopic (exact) mass is 410 g/mol. The predicted molar refractivity (Wildman–Crippen MR) is 121 cm³/mol. The molecule has 0 amide bonds. The Kier molecular flexibility index (Phi) is 4.55. The first-order valence-corrected chi connectivity index (χ1v) is 10.3. The Balaban J connectivity index is 1.62. The van der Waals surface area contributed by atoms with Gasteiger partial charge in [-0.2, -0.15) is 10.1 Å². The van der Waals surface area contributed by atoms with Gasteiger partial charge in [0.2, 0.25) is 0 Å². The van der Waals surface area contributed by atoms with Crippen LogP contribution in [0.25, 0.3) is 22.6 Å². The number of hydrogen-bond donors (Lipinski definition) is 2. The fraction of sp³-hybridized carbons (Fsp3) is 0.160. The second-order valence-corrected chi connectivity index (χ2v) is 7.98. The van der Waals surface area contributed by atoms with Crippen molar-refractivity contribution in [3.8, 4) is 28.4 Å². The zero-order chi connectivity index (χ0) is 21.4. The summed E-state index contributed by atoms with van der Waals surface area (Å²) >= 11 is 0. The molecule has 3 aromatic carbocycles. The fourth-order valence-corrected chi connectivity index (χ4v) is 4.03. The highest BCUT2D eigenvalue weighted by Crippen LogP contribution is 2.38. The maximum atomic E-state index is 12.9. The third-order valence-corrected chi connectivity index (χ3v) is 5.73. The SMILES string of the molecule is C[C@@]1(CCc2ccc(O)cc2)Nc2ccccc2-c2nc(=O)c(-c3ccccc3)nn21.